The van der Waals surface area contributed by atoms with Gasteiger partial charge in [0.15, 0.2) is 0 Å². The van der Waals surface area contributed by atoms with Crippen molar-refractivity contribution in [1.82, 2.24) is 0 Å². The van der Waals surface area contributed by atoms with Crippen molar-refractivity contribution in [1.29, 1.82) is 0 Å². The van der Waals surface area contributed by atoms with Crippen molar-refractivity contribution >= 4 is 72.5 Å². The molecule has 6 nitrogen and oxygen atoms in total. The molecule has 0 rings (SSSR count). The summed E-state index contributed by atoms with van der Waals surface area (Å²) in [5, 5.41) is 29.3. The van der Waals surface area contributed by atoms with E-state index in [1.54, 1.807) is 0 Å². The molecule has 0 radical (unpaired) electrons. The Morgan fingerprint density at radius 3 is 0.773 bits per heavy atom. The molecule has 0 aliphatic heterocycles. The molecule has 0 N–H and O–H groups in total. The SMILES string of the molecule is C/C(Cl)=C/C(=O)[O-].C/C(Cl)=C/C(=O)[O-].C/C(Cl)=C/C(=O)[O-].[Ga+3]. The Labute approximate surface area is 156 Å². The van der Waals surface area contributed by atoms with Gasteiger partial charge in [-0.1, -0.05) is 34.8 Å². The molecule has 0 spiro atoms. The fourth-order valence-corrected chi connectivity index (χ4v) is 0.754. The number of hydrogen-bond acceptors (Lipinski definition) is 6. The molecule has 0 aliphatic rings. The van der Waals surface area contributed by atoms with Crippen LogP contribution in [0.1, 0.15) is 20.8 Å². The normalized spacial score (nSPS) is 10.9. The van der Waals surface area contributed by atoms with Gasteiger partial charge in [0.2, 0.25) is 0 Å². The second kappa shape index (κ2) is 18.2. The van der Waals surface area contributed by atoms with E-state index in [4.69, 9.17) is 34.8 Å². The van der Waals surface area contributed by atoms with Crippen LogP contribution in [0, 0.1) is 0 Å². The fraction of sp³-hybridized carbons (Fsp3) is 0.250. The first-order chi connectivity index (χ1) is 9.38. The van der Waals surface area contributed by atoms with Crippen molar-refractivity contribution in [3.63, 3.8) is 0 Å². The van der Waals surface area contributed by atoms with Gasteiger partial charge in [-0.2, -0.15) is 0 Å². The van der Waals surface area contributed by atoms with E-state index in [1.807, 2.05) is 0 Å². The third kappa shape index (κ3) is 50.8. The van der Waals surface area contributed by atoms with E-state index in [1.165, 1.54) is 20.8 Å². The molecule has 0 aromatic heterocycles. The summed E-state index contributed by atoms with van der Waals surface area (Å²) in [7, 11) is 0. The molecule has 0 saturated carbocycles. The second-order valence-electron chi connectivity index (χ2n) is 3.15. The summed E-state index contributed by atoms with van der Waals surface area (Å²) >= 11 is 15.3. The van der Waals surface area contributed by atoms with Crippen LogP contribution in [0.25, 0.3) is 0 Å². The minimum Gasteiger partial charge on any atom is -0.545 e. The van der Waals surface area contributed by atoms with Crippen LogP contribution < -0.4 is 15.3 Å². The number of carboxylic acid groups (broad SMARTS) is 3. The first-order valence-corrected chi connectivity index (χ1v) is 6.16. The molecule has 0 saturated heterocycles. The van der Waals surface area contributed by atoms with Gasteiger partial charge in [0.05, 0.1) is 17.9 Å². The quantitative estimate of drug-likeness (QED) is 0.431. The number of carbonyl (C=O) groups excluding carboxylic acids is 3. The summed E-state index contributed by atoms with van der Waals surface area (Å²) < 4.78 is 0. The molecular weight excluding hydrogens is 416 g/mol. The third-order valence-electron chi connectivity index (χ3n) is 0.950. The number of allylic oxidation sites excluding steroid dienone is 3. The first-order valence-electron chi connectivity index (χ1n) is 5.02. The van der Waals surface area contributed by atoms with Crippen molar-refractivity contribution < 1.29 is 29.7 Å². The van der Waals surface area contributed by atoms with Crippen molar-refractivity contribution in [3.05, 3.63) is 33.3 Å². The van der Waals surface area contributed by atoms with Crippen molar-refractivity contribution in [2.24, 2.45) is 0 Å². The standard InChI is InChI=1S/3C4H5ClO2.Ga/c3*1-3(5)2-4(6)7;/h3*2H,1H3,(H,6,7);/q;;;+3/p-3/b3*3-2-;. The van der Waals surface area contributed by atoms with E-state index in [0.717, 1.165) is 18.2 Å². The van der Waals surface area contributed by atoms with Crippen LogP contribution in [0.5, 0.6) is 0 Å². The molecular formula is C12H12Cl3GaO6. The van der Waals surface area contributed by atoms with E-state index < -0.39 is 17.9 Å². The van der Waals surface area contributed by atoms with Crippen LogP contribution in [0.3, 0.4) is 0 Å². The Bertz CT molecular complexity index is 379. The molecule has 0 heterocycles. The molecule has 0 atom stereocenters. The predicted octanol–water partition coefficient (Wildman–Crippen LogP) is -0.744. The maximum Gasteiger partial charge on any atom is 3.00 e. The van der Waals surface area contributed by atoms with Gasteiger partial charge in [0.25, 0.3) is 0 Å². The summed E-state index contributed by atoms with van der Waals surface area (Å²) in [5.74, 6) is -3.77. The summed E-state index contributed by atoms with van der Waals surface area (Å²) in [6.07, 6.45) is 2.46. The Hall–Kier alpha value is -0.864. The zero-order chi connectivity index (χ0) is 17.6. The minimum atomic E-state index is -1.26. The Morgan fingerprint density at radius 2 is 0.773 bits per heavy atom. The molecule has 10 heteroatoms. The van der Waals surface area contributed by atoms with E-state index in [0.29, 0.717) is 0 Å². The summed E-state index contributed by atoms with van der Waals surface area (Å²) in [6.45, 7) is 4.41. The number of carbonyl (C=O) groups is 3. The molecule has 0 aromatic rings. The molecule has 0 fully saturated rings. The van der Waals surface area contributed by atoms with E-state index in [2.05, 4.69) is 0 Å². The average Bonchev–Trinajstić information content (AvgIpc) is 2.10. The zero-order valence-corrected chi connectivity index (χ0v) is 16.6. The zero-order valence-electron chi connectivity index (χ0n) is 11.9. The smallest absolute Gasteiger partial charge is 0.545 e. The Kier molecular flexibility index (Phi) is 24.1. The van der Waals surface area contributed by atoms with Gasteiger partial charge < -0.3 is 29.7 Å². The van der Waals surface area contributed by atoms with E-state index in [-0.39, 0.29) is 34.9 Å². The Balaban J connectivity index is -0.000000108. The van der Waals surface area contributed by atoms with E-state index >= 15 is 0 Å². The number of carboxylic acids is 3. The van der Waals surface area contributed by atoms with Crippen molar-refractivity contribution in [3.8, 4) is 0 Å². The van der Waals surface area contributed by atoms with Gasteiger partial charge in [-0.25, -0.2) is 0 Å². The minimum absolute atomic E-state index is 0. The van der Waals surface area contributed by atoms with Crippen LogP contribution in [0.15, 0.2) is 33.3 Å². The van der Waals surface area contributed by atoms with Crippen LogP contribution in [0.4, 0.5) is 0 Å². The van der Waals surface area contributed by atoms with Gasteiger partial charge in [-0.05, 0) is 39.0 Å². The maximum atomic E-state index is 9.54. The van der Waals surface area contributed by atoms with Gasteiger partial charge >= 0.3 is 19.8 Å². The van der Waals surface area contributed by atoms with Crippen molar-refractivity contribution in [2.75, 3.05) is 0 Å². The average molecular weight is 428 g/mol. The van der Waals surface area contributed by atoms with Gasteiger partial charge in [0.1, 0.15) is 0 Å². The molecule has 120 valence electrons. The van der Waals surface area contributed by atoms with Crippen LogP contribution in [0.2, 0.25) is 0 Å². The first kappa shape index (κ1) is 29.2. The van der Waals surface area contributed by atoms with Crippen LogP contribution >= 0.6 is 34.8 Å². The third-order valence-corrected chi connectivity index (χ3v) is 1.28. The predicted molar refractivity (Wildman–Crippen MR) is 79.6 cm³/mol. The fourth-order valence-electron chi connectivity index (χ4n) is 0.487. The number of aliphatic carboxylic acids is 3. The molecule has 0 aromatic carbocycles. The van der Waals surface area contributed by atoms with Crippen molar-refractivity contribution in [2.45, 2.75) is 20.8 Å². The monoisotopic (exact) mass is 426 g/mol. The van der Waals surface area contributed by atoms with Crippen LogP contribution in [-0.2, 0) is 14.4 Å². The summed E-state index contributed by atoms with van der Waals surface area (Å²) in [5.41, 5.74) is 0. The van der Waals surface area contributed by atoms with Gasteiger partial charge in [-0.3, -0.25) is 0 Å². The number of rotatable bonds is 3. The topological polar surface area (TPSA) is 120 Å². The molecule has 0 bridgehead atoms. The van der Waals surface area contributed by atoms with E-state index in [9.17, 15) is 29.7 Å². The molecule has 0 unspecified atom stereocenters. The summed E-state index contributed by atoms with van der Waals surface area (Å²) in [4.78, 5) is 28.6. The summed E-state index contributed by atoms with van der Waals surface area (Å²) in [6, 6.07) is 0. The molecule has 0 aliphatic carbocycles. The van der Waals surface area contributed by atoms with Gasteiger partial charge in [-0.15, -0.1) is 0 Å². The maximum absolute atomic E-state index is 9.54. The number of hydrogen-bond donors (Lipinski definition) is 0. The number of halogens is 3. The molecule has 0 amide bonds. The Morgan fingerprint density at radius 1 is 0.636 bits per heavy atom. The van der Waals surface area contributed by atoms with Crippen LogP contribution in [-0.4, -0.2) is 37.7 Å². The van der Waals surface area contributed by atoms with Gasteiger partial charge in [0, 0.05) is 15.1 Å². The largest absolute Gasteiger partial charge is 3.00 e. The second-order valence-corrected chi connectivity index (χ2v) is 4.94. The molecule has 22 heavy (non-hydrogen) atoms.